The van der Waals surface area contributed by atoms with Crippen LogP contribution in [-0.4, -0.2) is 31.6 Å². The van der Waals surface area contributed by atoms with E-state index < -0.39 is 15.4 Å². The molecule has 1 aliphatic rings. The van der Waals surface area contributed by atoms with Gasteiger partial charge in [0.1, 0.15) is 5.75 Å². The molecule has 1 saturated heterocycles. The number of hydrogen-bond acceptors (Lipinski definition) is 5. The van der Waals surface area contributed by atoms with Crippen molar-refractivity contribution in [1.82, 2.24) is 0 Å². The molecule has 1 aromatic carbocycles. The first-order valence-corrected chi connectivity index (χ1v) is 8.55. The number of rotatable bonds is 4. The summed E-state index contributed by atoms with van der Waals surface area (Å²) in [6, 6.07) is 5.41. The molecule has 1 atom stereocenters. The van der Waals surface area contributed by atoms with Gasteiger partial charge in [-0.25, -0.2) is 8.42 Å². The summed E-state index contributed by atoms with van der Waals surface area (Å²) >= 11 is 0. The van der Waals surface area contributed by atoms with E-state index in [1.54, 1.807) is 12.1 Å². The molecule has 6 heteroatoms. The molecule has 1 heterocycles. The van der Waals surface area contributed by atoms with Gasteiger partial charge in [-0.1, -0.05) is 0 Å². The Morgan fingerprint density at radius 1 is 1.35 bits per heavy atom. The third-order valence-electron chi connectivity index (χ3n) is 3.25. The summed E-state index contributed by atoms with van der Waals surface area (Å²) in [5.74, 6) is 1.07. The summed E-state index contributed by atoms with van der Waals surface area (Å²) in [5.41, 5.74) is 6.81. The Balaban J connectivity index is 2.19. The molecule has 112 valence electrons. The maximum Gasteiger partial charge on any atom is 0.152 e. The average molecular weight is 298 g/mol. The summed E-state index contributed by atoms with van der Waals surface area (Å²) in [7, 11) is -2.94. The molecule has 2 rings (SSSR count). The second-order valence-corrected chi connectivity index (χ2v) is 8.17. The lowest BCUT2D eigenvalue weighted by Gasteiger charge is -2.26. The maximum atomic E-state index is 11.6. The van der Waals surface area contributed by atoms with E-state index in [2.05, 4.69) is 5.32 Å². The van der Waals surface area contributed by atoms with Crippen molar-refractivity contribution in [2.75, 3.05) is 22.6 Å². The van der Waals surface area contributed by atoms with Crippen LogP contribution in [0.25, 0.3) is 0 Å². The van der Waals surface area contributed by atoms with Crippen molar-refractivity contribution in [3.8, 4) is 5.75 Å². The van der Waals surface area contributed by atoms with Crippen molar-refractivity contribution >= 4 is 21.2 Å². The molecule has 20 heavy (non-hydrogen) atoms. The van der Waals surface area contributed by atoms with Gasteiger partial charge >= 0.3 is 0 Å². The van der Waals surface area contributed by atoms with Crippen LogP contribution < -0.4 is 15.8 Å². The van der Waals surface area contributed by atoms with E-state index in [0.29, 0.717) is 17.9 Å². The van der Waals surface area contributed by atoms with Crippen molar-refractivity contribution < 1.29 is 13.2 Å². The normalized spacial score (nSPS) is 24.8. The molecule has 0 radical (unpaired) electrons. The first kappa shape index (κ1) is 15.0. The molecule has 0 bridgehead atoms. The lowest BCUT2D eigenvalue weighted by Crippen LogP contribution is -2.35. The molecule has 5 nitrogen and oxygen atoms in total. The molecule has 0 spiro atoms. The third kappa shape index (κ3) is 3.79. The minimum absolute atomic E-state index is 0.0621. The quantitative estimate of drug-likeness (QED) is 0.831. The van der Waals surface area contributed by atoms with Gasteiger partial charge in [0, 0.05) is 29.0 Å². The Kier molecular flexibility index (Phi) is 3.86. The van der Waals surface area contributed by atoms with Crippen LogP contribution in [0.3, 0.4) is 0 Å². The van der Waals surface area contributed by atoms with E-state index >= 15 is 0 Å². The topological polar surface area (TPSA) is 81.4 Å². The van der Waals surface area contributed by atoms with Crippen LogP contribution in [0, 0.1) is 0 Å². The van der Waals surface area contributed by atoms with Gasteiger partial charge < -0.3 is 15.8 Å². The van der Waals surface area contributed by atoms with Crippen LogP contribution >= 0.6 is 0 Å². The van der Waals surface area contributed by atoms with Gasteiger partial charge in [0.2, 0.25) is 0 Å². The molecule has 0 saturated carbocycles. The van der Waals surface area contributed by atoms with Crippen molar-refractivity contribution in [3.05, 3.63) is 18.2 Å². The van der Waals surface area contributed by atoms with Crippen LogP contribution in [-0.2, 0) is 9.84 Å². The van der Waals surface area contributed by atoms with Crippen LogP contribution in [0.15, 0.2) is 18.2 Å². The van der Waals surface area contributed by atoms with Gasteiger partial charge in [-0.3, -0.25) is 0 Å². The van der Waals surface area contributed by atoms with Crippen LogP contribution in [0.2, 0.25) is 0 Å². The zero-order valence-electron chi connectivity index (χ0n) is 12.1. The van der Waals surface area contributed by atoms with Crippen molar-refractivity contribution in [2.24, 2.45) is 0 Å². The smallest absolute Gasteiger partial charge is 0.152 e. The number of anilines is 2. The predicted octanol–water partition coefficient (Wildman–Crippen LogP) is 2.05. The zero-order chi connectivity index (χ0) is 15.0. The Morgan fingerprint density at radius 2 is 2.05 bits per heavy atom. The molecule has 1 fully saturated rings. The summed E-state index contributed by atoms with van der Waals surface area (Å²) in [5, 5.41) is 3.29. The Morgan fingerprint density at radius 3 is 2.60 bits per heavy atom. The lowest BCUT2D eigenvalue weighted by atomic mass is 10.0. The van der Waals surface area contributed by atoms with E-state index in [9.17, 15) is 8.42 Å². The highest BCUT2D eigenvalue weighted by Gasteiger charge is 2.38. The highest BCUT2D eigenvalue weighted by Crippen LogP contribution is 2.30. The van der Waals surface area contributed by atoms with Gasteiger partial charge in [-0.15, -0.1) is 0 Å². The summed E-state index contributed by atoms with van der Waals surface area (Å²) in [4.78, 5) is 0. The largest absolute Gasteiger partial charge is 0.491 e. The maximum absolute atomic E-state index is 11.6. The number of nitrogen functional groups attached to an aromatic ring is 1. The van der Waals surface area contributed by atoms with Crippen LogP contribution in [0.4, 0.5) is 11.4 Å². The number of ether oxygens (including phenoxy) is 1. The van der Waals surface area contributed by atoms with Gasteiger partial charge in [-0.2, -0.15) is 0 Å². The van der Waals surface area contributed by atoms with Gasteiger partial charge in [0.15, 0.2) is 9.84 Å². The monoisotopic (exact) mass is 298 g/mol. The standard InChI is InChI=1S/C14H22N2O3S/c1-10(2)19-13-7-11(15)6-12(8-13)16-14(3)4-5-20(17,18)9-14/h6-8,10,16H,4-5,9,15H2,1-3H3. The minimum Gasteiger partial charge on any atom is -0.491 e. The van der Waals surface area contributed by atoms with Gasteiger partial charge in [0.05, 0.1) is 17.6 Å². The summed E-state index contributed by atoms with van der Waals surface area (Å²) in [6.07, 6.45) is 0.664. The predicted molar refractivity (Wildman–Crippen MR) is 81.9 cm³/mol. The van der Waals surface area contributed by atoms with E-state index in [4.69, 9.17) is 10.5 Å². The Hall–Kier alpha value is -1.43. The van der Waals surface area contributed by atoms with Crippen molar-refractivity contribution in [1.29, 1.82) is 0 Å². The Bertz CT molecular complexity index is 598. The fourth-order valence-electron chi connectivity index (χ4n) is 2.49. The fourth-order valence-corrected chi connectivity index (χ4v) is 4.59. The first-order valence-electron chi connectivity index (χ1n) is 6.73. The second-order valence-electron chi connectivity index (χ2n) is 5.99. The van der Waals surface area contributed by atoms with E-state index in [0.717, 1.165) is 5.69 Å². The summed E-state index contributed by atoms with van der Waals surface area (Å²) in [6.45, 7) is 5.81. The zero-order valence-corrected chi connectivity index (χ0v) is 13.0. The molecule has 1 aromatic rings. The van der Waals surface area contributed by atoms with E-state index in [1.807, 2.05) is 26.8 Å². The van der Waals surface area contributed by atoms with Gasteiger partial charge in [-0.05, 0) is 33.3 Å². The van der Waals surface area contributed by atoms with Crippen LogP contribution in [0.5, 0.6) is 5.75 Å². The molecule has 3 N–H and O–H groups in total. The number of nitrogens with one attached hydrogen (secondary N) is 1. The average Bonchev–Trinajstić information content (AvgIpc) is 2.50. The molecular formula is C14H22N2O3S. The number of hydrogen-bond donors (Lipinski definition) is 2. The molecular weight excluding hydrogens is 276 g/mol. The lowest BCUT2D eigenvalue weighted by molar-refractivity contribution is 0.242. The molecule has 1 unspecified atom stereocenters. The number of sulfone groups is 1. The SMILES string of the molecule is CC(C)Oc1cc(N)cc(NC2(C)CCS(=O)(=O)C2)c1. The molecule has 1 aliphatic heterocycles. The summed E-state index contributed by atoms with van der Waals surface area (Å²) < 4.78 is 28.9. The van der Waals surface area contributed by atoms with E-state index in [-0.39, 0.29) is 17.6 Å². The number of nitrogens with two attached hydrogens (primary N) is 1. The van der Waals surface area contributed by atoms with Crippen molar-refractivity contribution in [2.45, 2.75) is 38.8 Å². The molecule has 0 aliphatic carbocycles. The minimum atomic E-state index is -2.94. The highest BCUT2D eigenvalue weighted by atomic mass is 32.2. The Labute approximate surface area is 120 Å². The van der Waals surface area contributed by atoms with E-state index in [1.165, 1.54) is 0 Å². The van der Waals surface area contributed by atoms with Crippen LogP contribution in [0.1, 0.15) is 27.2 Å². The molecule has 0 amide bonds. The first-order chi connectivity index (χ1) is 9.17. The highest BCUT2D eigenvalue weighted by molar-refractivity contribution is 7.91. The molecule has 0 aromatic heterocycles. The second kappa shape index (κ2) is 5.16. The fraction of sp³-hybridized carbons (Fsp3) is 0.571. The number of benzene rings is 1. The third-order valence-corrected chi connectivity index (χ3v) is 5.15. The van der Waals surface area contributed by atoms with Gasteiger partial charge in [0.25, 0.3) is 0 Å². The van der Waals surface area contributed by atoms with Crippen molar-refractivity contribution in [3.63, 3.8) is 0 Å².